The first-order valence-electron chi connectivity index (χ1n) is 1.04. The molecule has 0 saturated carbocycles. The first-order valence-corrected chi connectivity index (χ1v) is 3.79. The predicted molar refractivity (Wildman–Crippen MR) is 27.6 cm³/mol. The van der Waals surface area contributed by atoms with Crippen LogP contribution in [0, 0.1) is 0 Å². The molecule has 0 aliphatic carbocycles. The molecule has 0 aromatic carbocycles. The fraction of sp³-hybridized carbons (Fsp3) is 0. The van der Waals surface area contributed by atoms with Crippen molar-refractivity contribution in [3.8, 4) is 0 Å². The Kier molecular flexibility index (Phi) is 10.7. The summed E-state index contributed by atoms with van der Waals surface area (Å²) in [5.74, 6) is 0. The number of hydrogen-bond acceptors (Lipinski definition) is 4. The molecule has 4 nitrogen and oxygen atoms in total. The topological polar surface area (TPSA) is 58.6 Å². The molecular formula is Br2KO4P. The number of phosphoric acid groups is 1. The van der Waals surface area contributed by atoms with Gasteiger partial charge in [0.25, 0.3) is 7.82 Å². The summed E-state index contributed by atoms with van der Waals surface area (Å²) in [6.07, 6.45) is 0. The third kappa shape index (κ3) is 6.82. The average Bonchev–Trinajstić information content (AvgIpc) is 1.68. The molecule has 0 radical (unpaired) electrons. The van der Waals surface area contributed by atoms with Gasteiger partial charge in [0.05, 0.1) is 0 Å². The standard InChI is InChI=1S/Br2HO4P.K/c1-5-7(3,4)6-2;/h(H,3,4);/q;+1/p-1. The minimum Gasteiger partial charge on any atom is -0.755 e. The normalized spacial score (nSPS) is 10.4. The summed E-state index contributed by atoms with van der Waals surface area (Å²) in [6, 6.07) is 0. The molecule has 0 spiro atoms. The van der Waals surface area contributed by atoms with E-state index in [1.165, 1.54) is 0 Å². The van der Waals surface area contributed by atoms with Crippen LogP contribution in [0.3, 0.4) is 0 Å². The fourth-order valence-corrected chi connectivity index (χ4v) is 0.862. The Morgan fingerprint density at radius 3 is 1.62 bits per heavy atom. The minimum atomic E-state index is -4.07. The largest absolute Gasteiger partial charge is 1.00 e. The SMILES string of the molecule is O=P([O-])(OBr)OBr.[K+]. The van der Waals surface area contributed by atoms with Crippen LogP contribution < -0.4 is 56.3 Å². The molecule has 0 heterocycles. The molecule has 0 N–H and O–H groups in total. The van der Waals surface area contributed by atoms with Crippen molar-refractivity contribution in [2.45, 2.75) is 0 Å². The molecule has 0 aliphatic rings. The Morgan fingerprint density at radius 2 is 1.62 bits per heavy atom. The summed E-state index contributed by atoms with van der Waals surface area (Å²) >= 11 is 4.40. The number of halogens is 2. The quantitative estimate of drug-likeness (QED) is 0.441. The third-order valence-corrected chi connectivity index (χ3v) is 2.63. The van der Waals surface area contributed by atoms with Gasteiger partial charge < -0.3 is 4.89 Å². The molecule has 0 bridgehead atoms. The van der Waals surface area contributed by atoms with E-state index in [2.05, 4.69) is 39.7 Å². The van der Waals surface area contributed by atoms with Crippen LogP contribution in [-0.4, -0.2) is 0 Å². The van der Waals surface area contributed by atoms with Crippen LogP contribution in [0.15, 0.2) is 0 Å². The molecule has 0 atom stereocenters. The third-order valence-electron chi connectivity index (χ3n) is 0.169. The van der Waals surface area contributed by atoms with E-state index in [9.17, 15) is 9.46 Å². The van der Waals surface area contributed by atoms with E-state index < -0.39 is 7.82 Å². The van der Waals surface area contributed by atoms with Gasteiger partial charge in [-0.2, -0.15) is 0 Å². The summed E-state index contributed by atoms with van der Waals surface area (Å²) in [6.45, 7) is 0. The van der Waals surface area contributed by atoms with E-state index >= 15 is 0 Å². The van der Waals surface area contributed by atoms with Gasteiger partial charge in [0, 0.05) is 0 Å². The van der Waals surface area contributed by atoms with E-state index in [0.29, 0.717) is 0 Å². The van der Waals surface area contributed by atoms with E-state index in [0.717, 1.165) is 0 Å². The molecule has 0 aliphatic heterocycles. The minimum absolute atomic E-state index is 0. The van der Waals surface area contributed by atoms with E-state index in [1.54, 1.807) is 0 Å². The first-order chi connectivity index (χ1) is 3.12. The molecule has 8 heavy (non-hydrogen) atoms. The molecule has 0 unspecified atom stereocenters. The predicted octanol–water partition coefficient (Wildman–Crippen LogP) is -1.89. The van der Waals surface area contributed by atoms with Gasteiger partial charge in [-0.1, -0.05) is 0 Å². The van der Waals surface area contributed by atoms with Crippen molar-refractivity contribution in [3.63, 3.8) is 0 Å². The fourth-order valence-electron chi connectivity index (χ4n) is 0.0106. The van der Waals surface area contributed by atoms with Gasteiger partial charge in [0.15, 0.2) is 0 Å². The van der Waals surface area contributed by atoms with Crippen LogP contribution in [0.2, 0.25) is 0 Å². The zero-order chi connectivity index (χ0) is 5.91. The van der Waals surface area contributed by atoms with Crippen LogP contribution in [-0.2, 0) is 11.8 Å². The van der Waals surface area contributed by atoms with Gasteiger partial charge in [-0.3, -0.25) is 4.57 Å². The molecule has 0 rings (SSSR count). The Hall–Kier alpha value is 2.71. The van der Waals surface area contributed by atoms with Gasteiger partial charge >= 0.3 is 51.4 Å². The van der Waals surface area contributed by atoms with Crippen molar-refractivity contribution in [2.24, 2.45) is 0 Å². The van der Waals surface area contributed by atoms with Gasteiger partial charge in [0.2, 0.25) is 0 Å². The second kappa shape index (κ2) is 6.42. The monoisotopic (exact) mass is 292 g/mol. The number of hydrogen-bond donors (Lipinski definition) is 0. The maximum Gasteiger partial charge on any atom is 1.00 e. The Bertz CT molecular complexity index is 86.0. The summed E-state index contributed by atoms with van der Waals surface area (Å²) in [5, 5.41) is 0. The maximum atomic E-state index is 9.86. The van der Waals surface area contributed by atoms with Crippen molar-refractivity contribution in [3.05, 3.63) is 0 Å². The molecule has 0 aromatic heterocycles. The summed E-state index contributed by atoms with van der Waals surface area (Å²) in [7, 11) is -4.07. The van der Waals surface area contributed by atoms with Crippen LogP contribution in [0.25, 0.3) is 0 Å². The molecule has 0 saturated heterocycles. The molecule has 44 valence electrons. The Morgan fingerprint density at radius 1 is 1.38 bits per heavy atom. The zero-order valence-corrected chi connectivity index (χ0v) is 11.0. The van der Waals surface area contributed by atoms with Gasteiger partial charge in [-0.15, -0.1) is 0 Å². The zero-order valence-electron chi connectivity index (χ0n) is 3.84. The Labute approximate surface area is 106 Å². The van der Waals surface area contributed by atoms with Gasteiger partial charge in [-0.05, 0) is 0 Å². The van der Waals surface area contributed by atoms with Gasteiger partial charge in [0.1, 0.15) is 32.5 Å². The molecule has 0 fully saturated rings. The van der Waals surface area contributed by atoms with Crippen LogP contribution >= 0.6 is 40.3 Å². The average molecular weight is 294 g/mol. The molecular weight excluding hydrogens is 294 g/mol. The number of rotatable bonds is 2. The molecule has 0 aromatic rings. The second-order valence-corrected chi connectivity index (χ2v) is 3.49. The summed E-state index contributed by atoms with van der Waals surface area (Å²) in [4.78, 5) is 9.86. The summed E-state index contributed by atoms with van der Waals surface area (Å²) in [5.41, 5.74) is 0. The molecule has 0 amide bonds. The van der Waals surface area contributed by atoms with Crippen molar-refractivity contribution in [2.75, 3.05) is 0 Å². The van der Waals surface area contributed by atoms with Crippen LogP contribution in [0.5, 0.6) is 0 Å². The first kappa shape index (κ1) is 13.3. The Balaban J connectivity index is 0. The van der Waals surface area contributed by atoms with E-state index in [4.69, 9.17) is 0 Å². The van der Waals surface area contributed by atoms with E-state index in [-0.39, 0.29) is 51.4 Å². The van der Waals surface area contributed by atoms with Crippen LogP contribution in [0.4, 0.5) is 0 Å². The van der Waals surface area contributed by atoms with Crippen LogP contribution in [0.1, 0.15) is 0 Å². The molecule has 8 heteroatoms. The van der Waals surface area contributed by atoms with Crippen molar-refractivity contribution in [1.29, 1.82) is 0 Å². The second-order valence-electron chi connectivity index (χ2n) is 0.585. The van der Waals surface area contributed by atoms with Crippen molar-refractivity contribution in [1.82, 2.24) is 0 Å². The van der Waals surface area contributed by atoms with Crippen molar-refractivity contribution >= 4 is 40.3 Å². The van der Waals surface area contributed by atoms with E-state index in [1.807, 2.05) is 0 Å². The van der Waals surface area contributed by atoms with Gasteiger partial charge in [-0.25, -0.2) is 7.23 Å². The van der Waals surface area contributed by atoms with Crippen molar-refractivity contribution < 1.29 is 68.1 Å². The summed E-state index contributed by atoms with van der Waals surface area (Å²) < 4.78 is 17.1. The smallest absolute Gasteiger partial charge is 0.755 e. The maximum absolute atomic E-state index is 9.86.